The van der Waals surface area contributed by atoms with Crippen molar-refractivity contribution in [1.82, 2.24) is 4.90 Å². The standard InChI is InChI=1S/C10H13F4NO3/c11-8(12)10(13,14)9(18)15-5-3-1-2-4-6(15)7(16)17/h6,8H,1-5H2,(H,16,17). The lowest BCUT2D eigenvalue weighted by Crippen LogP contribution is -2.53. The van der Waals surface area contributed by atoms with E-state index >= 15 is 0 Å². The fourth-order valence-corrected chi connectivity index (χ4v) is 1.89. The molecule has 1 aliphatic rings. The van der Waals surface area contributed by atoms with Gasteiger partial charge in [-0.25, -0.2) is 13.6 Å². The minimum Gasteiger partial charge on any atom is -0.480 e. The predicted octanol–water partition coefficient (Wildman–Crippen LogP) is 1.74. The Bertz CT molecular complexity index is 335. The van der Waals surface area contributed by atoms with E-state index in [1.54, 1.807) is 0 Å². The van der Waals surface area contributed by atoms with Crippen molar-refractivity contribution >= 4 is 11.9 Å². The van der Waals surface area contributed by atoms with Gasteiger partial charge in [0, 0.05) is 6.54 Å². The molecule has 0 spiro atoms. The predicted molar refractivity (Wildman–Crippen MR) is 52.6 cm³/mol. The van der Waals surface area contributed by atoms with Crippen molar-refractivity contribution in [3.63, 3.8) is 0 Å². The Kier molecular flexibility index (Phi) is 4.53. The van der Waals surface area contributed by atoms with Gasteiger partial charge < -0.3 is 10.0 Å². The van der Waals surface area contributed by atoms with Crippen molar-refractivity contribution in [1.29, 1.82) is 0 Å². The number of carbonyl (C=O) groups excluding carboxylic acids is 1. The van der Waals surface area contributed by atoms with E-state index in [1.807, 2.05) is 0 Å². The van der Waals surface area contributed by atoms with Gasteiger partial charge in [0.1, 0.15) is 6.04 Å². The molecule has 1 fully saturated rings. The summed E-state index contributed by atoms with van der Waals surface area (Å²) in [7, 11) is 0. The molecule has 1 N–H and O–H groups in total. The van der Waals surface area contributed by atoms with Crippen LogP contribution in [-0.4, -0.2) is 46.8 Å². The van der Waals surface area contributed by atoms with Crippen molar-refractivity contribution < 1.29 is 32.3 Å². The van der Waals surface area contributed by atoms with Crippen LogP contribution in [0.25, 0.3) is 0 Å². The Balaban J connectivity index is 2.95. The van der Waals surface area contributed by atoms with Crippen molar-refractivity contribution in [2.24, 2.45) is 0 Å². The summed E-state index contributed by atoms with van der Waals surface area (Å²) in [5.41, 5.74) is 0. The second-order valence-corrected chi connectivity index (χ2v) is 4.13. The number of aliphatic carboxylic acids is 1. The van der Waals surface area contributed by atoms with Crippen molar-refractivity contribution in [2.45, 2.75) is 44.1 Å². The molecule has 1 heterocycles. The van der Waals surface area contributed by atoms with Crippen LogP contribution in [0, 0.1) is 0 Å². The molecular formula is C10H13F4NO3. The lowest BCUT2D eigenvalue weighted by molar-refractivity contribution is -0.185. The van der Waals surface area contributed by atoms with Gasteiger partial charge in [-0.2, -0.15) is 8.78 Å². The normalized spacial score (nSPS) is 21.8. The van der Waals surface area contributed by atoms with Crippen LogP contribution in [0.4, 0.5) is 17.6 Å². The smallest absolute Gasteiger partial charge is 0.383 e. The summed E-state index contributed by atoms with van der Waals surface area (Å²) in [5, 5.41) is 8.86. The highest BCUT2D eigenvalue weighted by Crippen LogP contribution is 2.28. The monoisotopic (exact) mass is 271 g/mol. The van der Waals surface area contributed by atoms with Gasteiger partial charge in [-0.05, 0) is 12.8 Å². The van der Waals surface area contributed by atoms with Gasteiger partial charge in [-0.15, -0.1) is 0 Å². The maximum Gasteiger partial charge on any atom is 0.383 e. The summed E-state index contributed by atoms with van der Waals surface area (Å²) < 4.78 is 50.1. The zero-order valence-electron chi connectivity index (χ0n) is 9.41. The number of rotatable bonds is 3. The first-order chi connectivity index (χ1) is 8.28. The molecule has 1 amide bonds. The Morgan fingerprint density at radius 3 is 2.33 bits per heavy atom. The molecule has 0 bridgehead atoms. The van der Waals surface area contributed by atoms with Crippen LogP contribution in [0.3, 0.4) is 0 Å². The van der Waals surface area contributed by atoms with E-state index in [1.165, 1.54) is 0 Å². The van der Waals surface area contributed by atoms with Gasteiger partial charge in [-0.1, -0.05) is 12.8 Å². The van der Waals surface area contributed by atoms with Gasteiger partial charge in [0.2, 0.25) is 0 Å². The molecule has 1 atom stereocenters. The molecule has 1 saturated heterocycles. The molecule has 1 aliphatic heterocycles. The summed E-state index contributed by atoms with van der Waals surface area (Å²) in [5.74, 6) is -8.39. The minimum absolute atomic E-state index is 0.000388. The van der Waals surface area contributed by atoms with Crippen LogP contribution < -0.4 is 0 Å². The van der Waals surface area contributed by atoms with E-state index in [0.717, 1.165) is 0 Å². The molecule has 1 unspecified atom stereocenters. The molecule has 1 rings (SSSR count). The Morgan fingerprint density at radius 1 is 1.22 bits per heavy atom. The van der Waals surface area contributed by atoms with Crippen molar-refractivity contribution in [2.75, 3.05) is 6.54 Å². The van der Waals surface area contributed by atoms with E-state index in [-0.39, 0.29) is 13.0 Å². The Morgan fingerprint density at radius 2 is 1.83 bits per heavy atom. The number of hydrogen-bond donors (Lipinski definition) is 1. The maximum atomic E-state index is 13.0. The van der Waals surface area contributed by atoms with Gasteiger partial charge in [-0.3, -0.25) is 4.79 Å². The molecule has 0 aromatic heterocycles. The van der Waals surface area contributed by atoms with Crippen LogP contribution in [0.1, 0.15) is 25.7 Å². The van der Waals surface area contributed by atoms with E-state index in [2.05, 4.69) is 0 Å². The summed E-state index contributed by atoms with van der Waals surface area (Å²) in [6.07, 6.45) is -2.77. The number of alkyl halides is 4. The zero-order valence-corrected chi connectivity index (χ0v) is 9.41. The van der Waals surface area contributed by atoms with Crippen LogP contribution >= 0.6 is 0 Å². The molecular weight excluding hydrogens is 258 g/mol. The molecule has 104 valence electrons. The van der Waals surface area contributed by atoms with E-state index in [4.69, 9.17) is 5.11 Å². The molecule has 0 radical (unpaired) electrons. The summed E-state index contributed by atoms with van der Waals surface area (Å²) in [6, 6.07) is -1.45. The summed E-state index contributed by atoms with van der Waals surface area (Å²) in [6.45, 7) is -0.238. The van der Waals surface area contributed by atoms with Crippen LogP contribution in [0.5, 0.6) is 0 Å². The molecule has 0 aromatic carbocycles. The fraction of sp³-hybridized carbons (Fsp3) is 0.800. The SMILES string of the molecule is O=C(O)C1CCCCCN1C(=O)C(F)(F)C(F)F. The third kappa shape index (κ3) is 2.91. The molecule has 18 heavy (non-hydrogen) atoms. The average molecular weight is 271 g/mol. The maximum absolute atomic E-state index is 13.0. The first-order valence-electron chi connectivity index (χ1n) is 5.48. The van der Waals surface area contributed by atoms with Crippen molar-refractivity contribution in [3.8, 4) is 0 Å². The highest BCUT2D eigenvalue weighted by Gasteiger charge is 2.53. The summed E-state index contributed by atoms with van der Waals surface area (Å²) >= 11 is 0. The first-order valence-corrected chi connectivity index (χ1v) is 5.48. The topological polar surface area (TPSA) is 57.6 Å². The molecule has 0 aliphatic carbocycles. The van der Waals surface area contributed by atoms with E-state index < -0.39 is 30.3 Å². The third-order valence-corrected chi connectivity index (χ3v) is 2.86. The number of hydrogen-bond acceptors (Lipinski definition) is 2. The number of carboxylic acid groups (broad SMARTS) is 1. The molecule has 4 nitrogen and oxygen atoms in total. The van der Waals surface area contributed by atoms with Gasteiger partial charge in [0.25, 0.3) is 5.91 Å². The second-order valence-electron chi connectivity index (χ2n) is 4.13. The highest BCUT2D eigenvalue weighted by molar-refractivity contribution is 5.88. The third-order valence-electron chi connectivity index (χ3n) is 2.86. The van der Waals surface area contributed by atoms with E-state index in [9.17, 15) is 27.2 Å². The summed E-state index contributed by atoms with van der Waals surface area (Å²) in [4.78, 5) is 22.6. The van der Waals surface area contributed by atoms with Gasteiger partial charge >= 0.3 is 18.3 Å². The number of carbonyl (C=O) groups is 2. The van der Waals surface area contributed by atoms with E-state index in [0.29, 0.717) is 24.2 Å². The number of carboxylic acids is 1. The van der Waals surface area contributed by atoms with Gasteiger partial charge in [0.05, 0.1) is 0 Å². The van der Waals surface area contributed by atoms with Crippen molar-refractivity contribution in [3.05, 3.63) is 0 Å². The van der Waals surface area contributed by atoms with Gasteiger partial charge in [0.15, 0.2) is 0 Å². The highest BCUT2D eigenvalue weighted by atomic mass is 19.3. The zero-order chi connectivity index (χ0) is 13.9. The Labute approximate surface area is 101 Å². The van der Waals surface area contributed by atoms with Crippen LogP contribution in [0.2, 0.25) is 0 Å². The molecule has 8 heteroatoms. The molecule has 0 saturated carbocycles. The molecule has 0 aromatic rings. The number of likely N-dealkylation sites (tertiary alicyclic amines) is 1. The lowest BCUT2D eigenvalue weighted by atomic mass is 10.1. The average Bonchev–Trinajstić information content (AvgIpc) is 2.52. The fourth-order valence-electron chi connectivity index (χ4n) is 1.89. The quantitative estimate of drug-likeness (QED) is 0.795. The number of halogens is 4. The largest absolute Gasteiger partial charge is 0.480 e. The first kappa shape index (κ1) is 14.7. The number of amides is 1. The van der Waals surface area contributed by atoms with Crippen LogP contribution in [0.15, 0.2) is 0 Å². The number of nitrogens with zero attached hydrogens (tertiary/aromatic N) is 1. The lowest BCUT2D eigenvalue weighted by Gasteiger charge is -2.29. The van der Waals surface area contributed by atoms with Crippen LogP contribution in [-0.2, 0) is 9.59 Å². The minimum atomic E-state index is -4.84. The second kappa shape index (κ2) is 5.53. The Hall–Kier alpha value is -1.34.